The molecular formula is C11H19N3O4S. The van der Waals surface area contributed by atoms with Crippen LogP contribution in [0.4, 0.5) is 0 Å². The van der Waals surface area contributed by atoms with Gasteiger partial charge < -0.3 is 25.4 Å². The minimum absolute atomic E-state index is 0.253. The van der Waals surface area contributed by atoms with Crippen LogP contribution in [0.1, 0.15) is 0 Å². The summed E-state index contributed by atoms with van der Waals surface area (Å²) < 4.78 is 5.84. The summed E-state index contributed by atoms with van der Waals surface area (Å²) in [6, 6.07) is -0.416. The molecule has 3 aliphatic heterocycles. The monoisotopic (exact) mass is 289 g/mol. The molecule has 4 N–H and O–H groups in total. The first kappa shape index (κ1) is 13.6. The van der Waals surface area contributed by atoms with Gasteiger partial charge in [-0.15, -0.1) is 0 Å². The summed E-state index contributed by atoms with van der Waals surface area (Å²) in [6.45, 7) is 1.72. The number of hydrogen-bond acceptors (Lipinski definition) is 8. The van der Waals surface area contributed by atoms with Gasteiger partial charge >= 0.3 is 0 Å². The van der Waals surface area contributed by atoms with Crippen molar-refractivity contribution < 1.29 is 20.1 Å². The number of amidine groups is 1. The van der Waals surface area contributed by atoms with Crippen LogP contribution in [0.2, 0.25) is 0 Å². The third kappa shape index (κ3) is 2.48. The van der Waals surface area contributed by atoms with E-state index in [4.69, 9.17) is 4.74 Å². The zero-order valence-corrected chi connectivity index (χ0v) is 11.5. The molecule has 0 amide bonds. The van der Waals surface area contributed by atoms with E-state index in [-0.39, 0.29) is 11.5 Å². The van der Waals surface area contributed by atoms with E-state index in [1.165, 1.54) is 11.8 Å². The molecule has 3 aliphatic rings. The molecule has 2 saturated heterocycles. The van der Waals surface area contributed by atoms with Crippen LogP contribution in [0.25, 0.3) is 0 Å². The SMILES string of the molecule is CNC1=N[C@@H]2[C@@H](O)[C@H](O)[C@@H](CN3CC(O)C3)O[C@@H]2S1. The van der Waals surface area contributed by atoms with Crippen molar-refractivity contribution >= 4 is 16.9 Å². The van der Waals surface area contributed by atoms with Crippen molar-refractivity contribution in [3.05, 3.63) is 0 Å². The van der Waals surface area contributed by atoms with E-state index >= 15 is 0 Å². The number of nitrogens with one attached hydrogen (secondary N) is 1. The van der Waals surface area contributed by atoms with E-state index in [1.54, 1.807) is 7.05 Å². The fraction of sp³-hybridized carbons (Fsp3) is 0.909. The molecule has 0 aromatic carbocycles. The Kier molecular flexibility index (Phi) is 3.71. The summed E-state index contributed by atoms with van der Waals surface area (Å²) in [5, 5.41) is 33.2. The van der Waals surface area contributed by atoms with Gasteiger partial charge in [0.05, 0.1) is 6.10 Å². The van der Waals surface area contributed by atoms with Crippen LogP contribution in [-0.2, 0) is 4.74 Å². The maximum atomic E-state index is 10.1. The van der Waals surface area contributed by atoms with E-state index in [2.05, 4.69) is 10.3 Å². The Morgan fingerprint density at radius 1 is 1.37 bits per heavy atom. The number of aliphatic imine (C=N–C) groups is 1. The summed E-state index contributed by atoms with van der Waals surface area (Å²) in [5.74, 6) is 0. The van der Waals surface area contributed by atoms with Crippen molar-refractivity contribution in [2.75, 3.05) is 26.7 Å². The number of thioether (sulfide) groups is 1. The number of β-amino-alcohol motifs (C(OH)–C–C–N with tert-alkyl or cyclic N) is 1. The smallest absolute Gasteiger partial charge is 0.159 e. The van der Waals surface area contributed by atoms with E-state index in [0.717, 1.165) is 5.17 Å². The molecule has 5 atom stereocenters. The molecule has 0 radical (unpaired) electrons. The molecule has 108 valence electrons. The van der Waals surface area contributed by atoms with Gasteiger partial charge in [-0.2, -0.15) is 0 Å². The Labute approximate surface area is 115 Å². The van der Waals surface area contributed by atoms with Crippen LogP contribution >= 0.6 is 11.8 Å². The van der Waals surface area contributed by atoms with Crippen molar-refractivity contribution in [3.8, 4) is 0 Å². The normalized spacial score (nSPS) is 43.6. The molecule has 0 unspecified atom stereocenters. The standard InChI is InChI=1S/C11H19N3O4S/c1-12-11-13-7-9(17)8(16)6(18-10(7)19-11)4-14-2-5(15)3-14/h5-10,15-17H,2-4H2,1H3,(H,12,13)/t6-,7-,8-,9-,10-/m1/s1. The topological polar surface area (TPSA) is 97.6 Å². The van der Waals surface area contributed by atoms with Crippen molar-refractivity contribution in [1.82, 2.24) is 10.2 Å². The molecule has 0 saturated carbocycles. The minimum Gasteiger partial charge on any atom is -0.390 e. The molecule has 19 heavy (non-hydrogen) atoms. The predicted octanol–water partition coefficient (Wildman–Crippen LogP) is -2.20. The van der Waals surface area contributed by atoms with Gasteiger partial charge in [0.1, 0.15) is 29.8 Å². The fourth-order valence-corrected chi connectivity index (χ4v) is 3.73. The molecule has 7 nitrogen and oxygen atoms in total. The number of ether oxygens (including phenoxy) is 1. The Morgan fingerprint density at radius 2 is 2.11 bits per heavy atom. The number of rotatable bonds is 2. The molecule has 3 rings (SSSR count). The lowest BCUT2D eigenvalue weighted by Gasteiger charge is -2.43. The Bertz CT molecular complexity index is 377. The van der Waals surface area contributed by atoms with Gasteiger partial charge in [0.25, 0.3) is 0 Å². The number of aliphatic hydroxyl groups excluding tert-OH is 3. The van der Waals surface area contributed by atoms with Gasteiger partial charge in [-0.1, -0.05) is 11.8 Å². The van der Waals surface area contributed by atoms with Gasteiger partial charge in [0.15, 0.2) is 5.17 Å². The second-order valence-electron chi connectivity index (χ2n) is 5.19. The molecule has 0 aromatic rings. The van der Waals surface area contributed by atoms with Gasteiger partial charge in [0.2, 0.25) is 0 Å². The zero-order valence-electron chi connectivity index (χ0n) is 10.6. The van der Waals surface area contributed by atoms with Crippen LogP contribution in [0, 0.1) is 0 Å². The van der Waals surface area contributed by atoms with Crippen LogP contribution in [0.3, 0.4) is 0 Å². The maximum Gasteiger partial charge on any atom is 0.159 e. The number of nitrogens with zero attached hydrogens (tertiary/aromatic N) is 2. The Balaban J connectivity index is 1.63. The highest BCUT2D eigenvalue weighted by atomic mass is 32.2. The predicted molar refractivity (Wildman–Crippen MR) is 71.0 cm³/mol. The molecular weight excluding hydrogens is 270 g/mol. The highest BCUT2D eigenvalue weighted by molar-refractivity contribution is 8.14. The first-order valence-corrected chi connectivity index (χ1v) is 7.30. The average molecular weight is 289 g/mol. The van der Waals surface area contributed by atoms with Crippen LogP contribution < -0.4 is 5.32 Å². The van der Waals surface area contributed by atoms with Gasteiger partial charge in [-0.3, -0.25) is 9.89 Å². The number of aliphatic hydroxyl groups is 3. The van der Waals surface area contributed by atoms with E-state index < -0.39 is 24.4 Å². The molecule has 2 fully saturated rings. The molecule has 0 aromatic heterocycles. The summed E-state index contributed by atoms with van der Waals surface area (Å²) in [5.41, 5.74) is -0.253. The second kappa shape index (κ2) is 5.19. The average Bonchev–Trinajstić information content (AvgIpc) is 2.77. The lowest BCUT2D eigenvalue weighted by Crippen LogP contribution is -2.61. The van der Waals surface area contributed by atoms with Crippen LogP contribution in [0.5, 0.6) is 0 Å². The Morgan fingerprint density at radius 3 is 2.74 bits per heavy atom. The third-order valence-corrected chi connectivity index (χ3v) is 4.91. The van der Waals surface area contributed by atoms with Crippen molar-refractivity contribution in [2.45, 2.75) is 35.9 Å². The third-order valence-electron chi connectivity index (χ3n) is 3.75. The summed E-state index contributed by atoms with van der Waals surface area (Å²) in [7, 11) is 1.77. The Hall–Kier alpha value is -0.380. The molecule has 0 bridgehead atoms. The second-order valence-corrected chi connectivity index (χ2v) is 6.28. The summed E-state index contributed by atoms with van der Waals surface area (Å²) in [6.07, 6.45) is -2.58. The molecule has 0 aliphatic carbocycles. The number of fused-ring (bicyclic) bond motifs is 1. The van der Waals surface area contributed by atoms with Gasteiger partial charge in [0, 0.05) is 26.7 Å². The first-order chi connectivity index (χ1) is 9.08. The summed E-state index contributed by atoms with van der Waals surface area (Å²) >= 11 is 1.44. The lowest BCUT2D eigenvalue weighted by molar-refractivity contribution is -0.166. The van der Waals surface area contributed by atoms with E-state index in [0.29, 0.717) is 19.6 Å². The highest BCUT2D eigenvalue weighted by Crippen LogP contribution is 2.36. The van der Waals surface area contributed by atoms with Gasteiger partial charge in [-0.05, 0) is 0 Å². The number of likely N-dealkylation sites (tertiary alicyclic amines) is 1. The lowest BCUT2D eigenvalue weighted by atomic mass is 9.97. The molecule has 0 spiro atoms. The molecule has 8 heteroatoms. The van der Waals surface area contributed by atoms with Crippen molar-refractivity contribution in [3.63, 3.8) is 0 Å². The first-order valence-electron chi connectivity index (χ1n) is 6.42. The van der Waals surface area contributed by atoms with Crippen LogP contribution in [-0.4, -0.2) is 88.0 Å². The van der Waals surface area contributed by atoms with E-state index in [1.807, 2.05) is 4.90 Å². The van der Waals surface area contributed by atoms with Crippen molar-refractivity contribution in [2.24, 2.45) is 4.99 Å². The fourth-order valence-electron chi connectivity index (χ4n) is 2.65. The molecule has 3 heterocycles. The minimum atomic E-state index is -0.945. The quantitative estimate of drug-likeness (QED) is 0.458. The van der Waals surface area contributed by atoms with E-state index in [9.17, 15) is 15.3 Å². The largest absolute Gasteiger partial charge is 0.390 e. The van der Waals surface area contributed by atoms with Gasteiger partial charge in [-0.25, -0.2) is 0 Å². The zero-order chi connectivity index (χ0) is 13.6. The maximum absolute atomic E-state index is 10.1. The highest BCUT2D eigenvalue weighted by Gasteiger charge is 2.48. The summed E-state index contributed by atoms with van der Waals surface area (Å²) in [4.78, 5) is 6.30. The van der Waals surface area contributed by atoms with Crippen molar-refractivity contribution in [1.29, 1.82) is 0 Å². The number of hydrogen-bond donors (Lipinski definition) is 4. The van der Waals surface area contributed by atoms with Crippen LogP contribution in [0.15, 0.2) is 4.99 Å².